The highest BCUT2D eigenvalue weighted by atomic mass is 35.5. The molecule has 1 aromatic carbocycles. The first-order valence-corrected chi connectivity index (χ1v) is 9.69. The lowest BCUT2D eigenvalue weighted by Crippen LogP contribution is -2.42. The number of β-amino-alcohol motifs (C(OH)–C–C–N with tert-alkyl or cyclic N) is 1. The van der Waals surface area contributed by atoms with E-state index in [1.165, 1.54) is 15.7 Å². The number of ether oxygens (including phenoxy) is 1. The Labute approximate surface area is 183 Å². The van der Waals surface area contributed by atoms with Crippen LogP contribution in [0, 0.1) is 11.6 Å². The fourth-order valence-corrected chi connectivity index (χ4v) is 4.27. The van der Waals surface area contributed by atoms with Crippen molar-refractivity contribution in [3.8, 4) is 5.75 Å². The topological polar surface area (TPSA) is 95.2 Å². The molecule has 1 unspecified atom stereocenters. The quantitative estimate of drug-likeness (QED) is 0.663. The minimum Gasteiger partial charge on any atom is -0.449 e. The van der Waals surface area contributed by atoms with Gasteiger partial charge in [0, 0.05) is 25.7 Å². The van der Waals surface area contributed by atoms with Crippen LogP contribution in [0.4, 0.5) is 19.3 Å². The third-order valence-corrected chi connectivity index (χ3v) is 5.55. The standard InChI is InChI=1S/C20H23F2N3O5.ClH/c1-23(2)9-20(29)5-6-24(10-20)17-13(21)7-12-16(15(17)22)25(11-3-4-11)8-14(18(12)26)30-19(27)28;/h7-8,11,29H,3-6,9-10H2,1-2H3,(H,27,28);1H. The van der Waals surface area contributed by atoms with Gasteiger partial charge in [-0.2, -0.15) is 0 Å². The van der Waals surface area contributed by atoms with Crippen molar-refractivity contribution < 1.29 is 28.5 Å². The molecule has 0 radical (unpaired) electrons. The van der Waals surface area contributed by atoms with Crippen molar-refractivity contribution >= 4 is 35.2 Å². The summed E-state index contributed by atoms with van der Waals surface area (Å²) in [5, 5.41) is 19.3. The van der Waals surface area contributed by atoms with Crippen LogP contribution in [0.25, 0.3) is 10.9 Å². The smallest absolute Gasteiger partial charge is 0.449 e. The molecule has 1 saturated heterocycles. The Morgan fingerprint density at radius 1 is 1.35 bits per heavy atom. The zero-order chi connectivity index (χ0) is 21.8. The maximum absolute atomic E-state index is 15.6. The van der Waals surface area contributed by atoms with Gasteiger partial charge >= 0.3 is 6.16 Å². The number of hydrogen-bond acceptors (Lipinski definition) is 6. The van der Waals surface area contributed by atoms with Crippen LogP contribution in [0.5, 0.6) is 5.75 Å². The van der Waals surface area contributed by atoms with E-state index in [4.69, 9.17) is 5.11 Å². The molecule has 0 spiro atoms. The van der Waals surface area contributed by atoms with E-state index >= 15 is 4.39 Å². The number of carbonyl (C=O) groups is 1. The highest BCUT2D eigenvalue weighted by Gasteiger charge is 2.39. The molecule has 1 atom stereocenters. The van der Waals surface area contributed by atoms with Crippen LogP contribution in [0.15, 0.2) is 17.1 Å². The Morgan fingerprint density at radius 3 is 2.61 bits per heavy atom. The molecule has 1 aliphatic carbocycles. The van der Waals surface area contributed by atoms with Crippen LogP contribution in [-0.2, 0) is 0 Å². The van der Waals surface area contributed by atoms with Crippen LogP contribution in [-0.4, -0.2) is 65.2 Å². The zero-order valence-electron chi connectivity index (χ0n) is 17.1. The van der Waals surface area contributed by atoms with E-state index in [2.05, 4.69) is 4.74 Å². The van der Waals surface area contributed by atoms with Crippen LogP contribution < -0.4 is 15.1 Å². The van der Waals surface area contributed by atoms with Gasteiger partial charge in [-0.15, -0.1) is 12.4 Å². The first-order valence-electron chi connectivity index (χ1n) is 9.69. The predicted molar refractivity (Wildman–Crippen MR) is 113 cm³/mol. The summed E-state index contributed by atoms with van der Waals surface area (Å²) in [7, 11) is 3.62. The fraction of sp³-hybridized carbons (Fsp3) is 0.500. The van der Waals surface area contributed by atoms with Gasteiger partial charge in [0.2, 0.25) is 5.43 Å². The molecule has 2 heterocycles. The summed E-state index contributed by atoms with van der Waals surface area (Å²) in [5.74, 6) is -2.33. The highest BCUT2D eigenvalue weighted by molar-refractivity contribution is 5.86. The third kappa shape index (κ3) is 4.32. The van der Waals surface area contributed by atoms with Gasteiger partial charge in [0.25, 0.3) is 0 Å². The summed E-state index contributed by atoms with van der Waals surface area (Å²) >= 11 is 0. The van der Waals surface area contributed by atoms with Gasteiger partial charge in [0.1, 0.15) is 11.5 Å². The number of hydrogen-bond donors (Lipinski definition) is 2. The second kappa shape index (κ2) is 8.25. The van der Waals surface area contributed by atoms with Crippen molar-refractivity contribution in [3.63, 3.8) is 0 Å². The summed E-state index contributed by atoms with van der Waals surface area (Å²) < 4.78 is 36.6. The lowest BCUT2D eigenvalue weighted by molar-refractivity contribution is 0.0365. The average molecular weight is 460 g/mol. The van der Waals surface area contributed by atoms with Crippen molar-refractivity contribution in [2.45, 2.75) is 30.9 Å². The second-order valence-electron chi connectivity index (χ2n) is 8.38. The maximum atomic E-state index is 15.6. The van der Waals surface area contributed by atoms with Crippen molar-refractivity contribution in [1.82, 2.24) is 9.47 Å². The Hall–Kier alpha value is -2.43. The summed E-state index contributed by atoms with van der Waals surface area (Å²) in [6, 6.07) is 0.800. The number of carboxylic acid groups (broad SMARTS) is 1. The van der Waals surface area contributed by atoms with E-state index in [1.54, 1.807) is 0 Å². The summed E-state index contributed by atoms with van der Waals surface area (Å²) in [6.07, 6.45) is 1.30. The van der Waals surface area contributed by atoms with Gasteiger partial charge in [-0.25, -0.2) is 13.6 Å². The molecule has 1 saturated carbocycles. The minimum atomic E-state index is -1.68. The lowest BCUT2D eigenvalue weighted by Gasteiger charge is -2.28. The molecule has 2 aromatic rings. The van der Waals surface area contributed by atoms with E-state index in [9.17, 15) is 19.1 Å². The molecule has 8 nitrogen and oxygen atoms in total. The third-order valence-electron chi connectivity index (χ3n) is 5.55. The number of rotatable bonds is 5. The summed E-state index contributed by atoms with van der Waals surface area (Å²) in [6.45, 7) is 0.666. The van der Waals surface area contributed by atoms with Gasteiger partial charge in [-0.3, -0.25) is 4.79 Å². The van der Waals surface area contributed by atoms with E-state index in [1.807, 2.05) is 19.0 Å². The average Bonchev–Trinajstić information content (AvgIpc) is 3.40. The van der Waals surface area contributed by atoms with Gasteiger partial charge in [-0.05, 0) is 39.4 Å². The first-order chi connectivity index (χ1) is 14.1. The normalized spacial score (nSPS) is 20.9. The molecule has 0 amide bonds. The van der Waals surface area contributed by atoms with Gasteiger partial charge in [0.05, 0.1) is 22.7 Å². The predicted octanol–water partition coefficient (Wildman–Crippen LogP) is 2.60. The van der Waals surface area contributed by atoms with E-state index in [-0.39, 0.29) is 48.1 Å². The lowest BCUT2D eigenvalue weighted by atomic mass is 10.0. The Kier molecular flexibility index (Phi) is 6.18. The number of aliphatic hydroxyl groups is 1. The highest BCUT2D eigenvalue weighted by Crippen LogP contribution is 2.41. The van der Waals surface area contributed by atoms with E-state index in [0.29, 0.717) is 13.0 Å². The minimum absolute atomic E-state index is 0. The van der Waals surface area contributed by atoms with Crippen molar-refractivity contribution in [2.75, 3.05) is 38.6 Å². The molecule has 0 bridgehead atoms. The maximum Gasteiger partial charge on any atom is 0.511 e. The number of likely N-dealkylation sites (N-methyl/N-ethyl adjacent to an activating group) is 1. The molecule has 11 heteroatoms. The summed E-state index contributed by atoms with van der Waals surface area (Å²) in [5.41, 5.74) is -2.37. The molecule has 170 valence electrons. The zero-order valence-corrected chi connectivity index (χ0v) is 17.9. The Morgan fingerprint density at radius 2 is 2.03 bits per heavy atom. The van der Waals surface area contributed by atoms with Crippen molar-refractivity contribution in [1.29, 1.82) is 0 Å². The number of nitrogens with zero attached hydrogens (tertiary/aromatic N) is 3. The molecule has 31 heavy (non-hydrogen) atoms. The number of anilines is 1. The van der Waals surface area contributed by atoms with Crippen LogP contribution >= 0.6 is 12.4 Å². The van der Waals surface area contributed by atoms with E-state index in [0.717, 1.165) is 18.9 Å². The van der Waals surface area contributed by atoms with Gasteiger partial charge < -0.3 is 29.3 Å². The number of fused-ring (bicyclic) bond motifs is 1. The molecule has 4 rings (SSSR count). The van der Waals surface area contributed by atoms with Crippen LogP contribution in [0.3, 0.4) is 0 Å². The van der Waals surface area contributed by atoms with Gasteiger partial charge in [0.15, 0.2) is 11.6 Å². The van der Waals surface area contributed by atoms with Crippen molar-refractivity contribution in [3.05, 3.63) is 34.1 Å². The molecular weight excluding hydrogens is 436 g/mol. The molecule has 1 aliphatic heterocycles. The number of pyridine rings is 1. The fourth-order valence-electron chi connectivity index (χ4n) is 4.27. The molecule has 2 fully saturated rings. The first kappa shape index (κ1) is 23.2. The number of halogens is 3. The van der Waals surface area contributed by atoms with Crippen molar-refractivity contribution in [2.24, 2.45) is 0 Å². The second-order valence-corrected chi connectivity index (χ2v) is 8.38. The van der Waals surface area contributed by atoms with E-state index < -0.39 is 34.6 Å². The Balaban J connectivity index is 0.00000272. The van der Waals surface area contributed by atoms with Crippen LogP contribution in [0.2, 0.25) is 0 Å². The van der Waals surface area contributed by atoms with Crippen LogP contribution in [0.1, 0.15) is 25.3 Å². The van der Waals surface area contributed by atoms with Gasteiger partial charge in [-0.1, -0.05) is 0 Å². The molecule has 2 aliphatic rings. The number of benzene rings is 1. The Bertz CT molecular complexity index is 1090. The summed E-state index contributed by atoms with van der Waals surface area (Å²) in [4.78, 5) is 26.8. The largest absolute Gasteiger partial charge is 0.511 e. The molecule has 2 N–H and O–H groups in total. The molecule has 1 aromatic heterocycles. The monoisotopic (exact) mass is 459 g/mol. The molecular formula is C20H24ClF2N3O5. The SMILES string of the molecule is CN(C)CC1(O)CCN(c2c(F)cc3c(=O)c(OC(=O)O)cn(C4CC4)c3c2F)C1.Cl. The number of aromatic nitrogens is 1.